The summed E-state index contributed by atoms with van der Waals surface area (Å²) in [6.45, 7) is 7.87. The van der Waals surface area contributed by atoms with Crippen molar-refractivity contribution < 1.29 is 18.0 Å². The summed E-state index contributed by atoms with van der Waals surface area (Å²) in [5.74, 6) is -0.699. The molecular formula is C25H35N3O4S. The highest BCUT2D eigenvalue weighted by Crippen LogP contribution is 2.20. The third-order valence-corrected chi connectivity index (χ3v) is 6.71. The minimum Gasteiger partial charge on any atom is -0.354 e. The van der Waals surface area contributed by atoms with Gasteiger partial charge in [-0.15, -0.1) is 0 Å². The van der Waals surface area contributed by atoms with E-state index in [0.717, 1.165) is 40.1 Å². The lowest BCUT2D eigenvalue weighted by molar-refractivity contribution is -0.139. The lowest BCUT2D eigenvalue weighted by Gasteiger charge is -2.32. The van der Waals surface area contributed by atoms with E-state index in [1.807, 2.05) is 51.1 Å². The Morgan fingerprint density at radius 1 is 1.06 bits per heavy atom. The highest BCUT2D eigenvalue weighted by Gasteiger charge is 2.30. The van der Waals surface area contributed by atoms with Gasteiger partial charge >= 0.3 is 0 Å². The van der Waals surface area contributed by atoms with Gasteiger partial charge in [0.25, 0.3) is 0 Å². The number of anilines is 1. The first-order chi connectivity index (χ1) is 15.5. The fourth-order valence-electron chi connectivity index (χ4n) is 3.49. The summed E-state index contributed by atoms with van der Waals surface area (Å²) in [5, 5.41) is 2.88. The van der Waals surface area contributed by atoms with Crippen LogP contribution < -0.4 is 9.62 Å². The van der Waals surface area contributed by atoms with Gasteiger partial charge in [0.2, 0.25) is 21.8 Å². The first kappa shape index (κ1) is 26.4. The second-order valence-corrected chi connectivity index (χ2v) is 10.3. The van der Waals surface area contributed by atoms with E-state index in [2.05, 4.69) is 5.32 Å². The van der Waals surface area contributed by atoms with Crippen LogP contribution in [0.25, 0.3) is 0 Å². The van der Waals surface area contributed by atoms with Gasteiger partial charge in [-0.1, -0.05) is 49.7 Å². The third kappa shape index (κ3) is 7.60. The summed E-state index contributed by atoms with van der Waals surface area (Å²) >= 11 is 0. The van der Waals surface area contributed by atoms with Gasteiger partial charge in [0.1, 0.15) is 12.6 Å². The number of benzene rings is 2. The molecule has 1 atom stereocenters. The van der Waals surface area contributed by atoms with Crippen molar-refractivity contribution in [3.05, 3.63) is 65.2 Å². The number of carbonyl (C=O) groups is 2. The molecule has 1 unspecified atom stereocenters. The van der Waals surface area contributed by atoms with Crippen LogP contribution in [0.5, 0.6) is 0 Å². The molecule has 2 amide bonds. The number of unbranched alkanes of at least 4 members (excludes halogenated alkanes) is 1. The van der Waals surface area contributed by atoms with Crippen molar-refractivity contribution in [3.8, 4) is 0 Å². The molecule has 2 aromatic rings. The van der Waals surface area contributed by atoms with E-state index in [4.69, 9.17) is 0 Å². The lowest BCUT2D eigenvalue weighted by Crippen LogP contribution is -2.51. The van der Waals surface area contributed by atoms with Crippen LogP contribution in [0.3, 0.4) is 0 Å². The summed E-state index contributed by atoms with van der Waals surface area (Å²) in [6.07, 6.45) is 2.87. The molecule has 0 saturated heterocycles. The van der Waals surface area contributed by atoms with E-state index in [1.54, 1.807) is 25.1 Å². The van der Waals surface area contributed by atoms with Gasteiger partial charge in [-0.2, -0.15) is 0 Å². The predicted molar refractivity (Wildman–Crippen MR) is 132 cm³/mol. The fraction of sp³-hybridized carbons (Fsp3) is 0.440. The van der Waals surface area contributed by atoms with E-state index in [9.17, 15) is 18.0 Å². The zero-order chi connectivity index (χ0) is 24.6. The number of carbonyl (C=O) groups excluding carboxylic acids is 2. The molecule has 2 rings (SSSR count). The molecule has 0 aliphatic carbocycles. The zero-order valence-corrected chi connectivity index (χ0v) is 21.0. The summed E-state index contributed by atoms with van der Waals surface area (Å²) < 4.78 is 26.2. The van der Waals surface area contributed by atoms with Gasteiger partial charge in [-0.3, -0.25) is 13.9 Å². The second kappa shape index (κ2) is 11.8. The van der Waals surface area contributed by atoms with Gasteiger partial charge in [0.05, 0.1) is 11.9 Å². The maximum absolute atomic E-state index is 13.5. The Balaban J connectivity index is 2.36. The normalized spacial score (nSPS) is 12.2. The summed E-state index contributed by atoms with van der Waals surface area (Å²) in [4.78, 5) is 27.7. The molecule has 8 heteroatoms. The van der Waals surface area contributed by atoms with E-state index < -0.39 is 22.0 Å². The van der Waals surface area contributed by atoms with Crippen molar-refractivity contribution in [2.24, 2.45) is 0 Å². The molecule has 33 heavy (non-hydrogen) atoms. The molecule has 7 nitrogen and oxygen atoms in total. The molecule has 0 aliphatic heterocycles. The van der Waals surface area contributed by atoms with Gasteiger partial charge in [-0.05, 0) is 56.0 Å². The van der Waals surface area contributed by atoms with Crippen LogP contribution in [0, 0.1) is 13.8 Å². The largest absolute Gasteiger partial charge is 0.354 e. The molecule has 0 bridgehead atoms. The highest BCUT2D eigenvalue weighted by atomic mass is 32.2. The standard InChI is InChI=1S/C25H35N3O4S/c1-6-7-15-26-25(30)21(4)27(17-22-13-9-8-12-20(22)3)24(29)18-28(33(5,31)32)23-14-10-11-19(2)16-23/h8-14,16,21H,6-7,15,17-18H2,1-5H3,(H,26,30). The molecule has 180 valence electrons. The van der Waals surface area contributed by atoms with Crippen LogP contribution >= 0.6 is 0 Å². The summed E-state index contributed by atoms with van der Waals surface area (Å²) in [6, 6.07) is 13.9. The number of aryl methyl sites for hydroxylation is 2. The van der Waals surface area contributed by atoms with E-state index in [-0.39, 0.29) is 19.0 Å². The van der Waals surface area contributed by atoms with Crippen LogP contribution in [-0.2, 0) is 26.2 Å². The number of hydrogen-bond acceptors (Lipinski definition) is 4. The van der Waals surface area contributed by atoms with Crippen LogP contribution in [0.15, 0.2) is 48.5 Å². The number of amides is 2. The Labute approximate surface area is 197 Å². The summed E-state index contributed by atoms with van der Waals surface area (Å²) in [7, 11) is -3.72. The van der Waals surface area contributed by atoms with Gasteiger partial charge in [0.15, 0.2) is 0 Å². The van der Waals surface area contributed by atoms with Crippen molar-refractivity contribution in [2.45, 2.75) is 53.1 Å². The van der Waals surface area contributed by atoms with Crippen molar-refractivity contribution in [1.82, 2.24) is 10.2 Å². The maximum Gasteiger partial charge on any atom is 0.244 e. The molecule has 0 radical (unpaired) electrons. The Morgan fingerprint density at radius 3 is 2.36 bits per heavy atom. The topological polar surface area (TPSA) is 86.8 Å². The van der Waals surface area contributed by atoms with Crippen LogP contribution in [0.4, 0.5) is 5.69 Å². The zero-order valence-electron chi connectivity index (χ0n) is 20.2. The quantitative estimate of drug-likeness (QED) is 0.507. The summed E-state index contributed by atoms with van der Waals surface area (Å²) in [5.41, 5.74) is 3.20. The lowest BCUT2D eigenvalue weighted by atomic mass is 10.1. The van der Waals surface area contributed by atoms with Crippen molar-refractivity contribution >= 4 is 27.5 Å². The average Bonchev–Trinajstić information content (AvgIpc) is 2.75. The molecule has 0 heterocycles. The predicted octanol–water partition coefficient (Wildman–Crippen LogP) is 3.40. The Kier molecular flexibility index (Phi) is 9.46. The second-order valence-electron chi connectivity index (χ2n) is 8.38. The third-order valence-electron chi connectivity index (χ3n) is 5.57. The molecule has 1 N–H and O–H groups in total. The van der Waals surface area contributed by atoms with E-state index in [0.29, 0.717) is 12.2 Å². The fourth-order valence-corrected chi connectivity index (χ4v) is 4.33. The van der Waals surface area contributed by atoms with Crippen molar-refractivity contribution in [3.63, 3.8) is 0 Å². The van der Waals surface area contributed by atoms with Crippen molar-refractivity contribution in [2.75, 3.05) is 23.7 Å². The molecule has 0 aliphatic rings. The smallest absolute Gasteiger partial charge is 0.244 e. The van der Waals surface area contributed by atoms with Crippen molar-refractivity contribution in [1.29, 1.82) is 0 Å². The molecule has 2 aromatic carbocycles. The van der Waals surface area contributed by atoms with Crippen LogP contribution in [0.2, 0.25) is 0 Å². The van der Waals surface area contributed by atoms with Gasteiger partial charge in [-0.25, -0.2) is 8.42 Å². The van der Waals surface area contributed by atoms with Crippen LogP contribution in [-0.4, -0.2) is 50.5 Å². The number of hydrogen-bond donors (Lipinski definition) is 1. The molecule has 0 fully saturated rings. The van der Waals surface area contributed by atoms with Gasteiger partial charge < -0.3 is 10.2 Å². The Morgan fingerprint density at radius 2 is 1.76 bits per heavy atom. The monoisotopic (exact) mass is 473 g/mol. The highest BCUT2D eigenvalue weighted by molar-refractivity contribution is 7.92. The Bertz CT molecular complexity index is 1070. The molecule has 0 saturated carbocycles. The number of rotatable bonds is 11. The Hall–Kier alpha value is -2.87. The SMILES string of the molecule is CCCCNC(=O)C(C)N(Cc1ccccc1C)C(=O)CN(c1cccc(C)c1)S(C)(=O)=O. The molecular weight excluding hydrogens is 438 g/mol. The minimum atomic E-state index is -3.72. The molecule has 0 spiro atoms. The molecule has 0 aromatic heterocycles. The first-order valence-electron chi connectivity index (χ1n) is 11.2. The van der Waals surface area contributed by atoms with E-state index in [1.165, 1.54) is 4.90 Å². The maximum atomic E-state index is 13.5. The minimum absolute atomic E-state index is 0.208. The first-order valence-corrected chi connectivity index (χ1v) is 13.1. The van der Waals surface area contributed by atoms with Gasteiger partial charge in [0, 0.05) is 13.1 Å². The number of sulfonamides is 1. The number of nitrogens with one attached hydrogen (secondary N) is 1. The average molecular weight is 474 g/mol. The number of nitrogens with zero attached hydrogens (tertiary/aromatic N) is 2. The van der Waals surface area contributed by atoms with E-state index >= 15 is 0 Å². The van der Waals surface area contributed by atoms with Crippen LogP contribution in [0.1, 0.15) is 43.4 Å².